The standard InChI is InChI=1S/C11H21N3O2/c1-2-13-11(16)8-14-10(15)6-9-4-3-5-12-7-9/h9,12H,2-8H2,1H3,(H,13,16)(H,14,15). The Balaban J connectivity index is 2.12. The van der Waals surface area contributed by atoms with Crippen molar-refractivity contribution in [3.05, 3.63) is 0 Å². The highest BCUT2D eigenvalue weighted by atomic mass is 16.2. The Labute approximate surface area is 96.4 Å². The number of amides is 2. The van der Waals surface area contributed by atoms with Gasteiger partial charge in [0.05, 0.1) is 6.54 Å². The first-order chi connectivity index (χ1) is 7.72. The van der Waals surface area contributed by atoms with Crippen molar-refractivity contribution in [1.82, 2.24) is 16.0 Å². The molecule has 5 nitrogen and oxygen atoms in total. The lowest BCUT2D eigenvalue weighted by Crippen LogP contribution is -2.39. The van der Waals surface area contributed by atoms with Crippen molar-refractivity contribution in [2.24, 2.45) is 5.92 Å². The molecule has 0 saturated carbocycles. The third-order valence-corrected chi connectivity index (χ3v) is 2.69. The smallest absolute Gasteiger partial charge is 0.239 e. The van der Waals surface area contributed by atoms with Crippen LogP contribution in [0.5, 0.6) is 0 Å². The largest absolute Gasteiger partial charge is 0.355 e. The van der Waals surface area contributed by atoms with Crippen LogP contribution in [0.2, 0.25) is 0 Å². The first kappa shape index (κ1) is 13.0. The Morgan fingerprint density at radius 3 is 2.75 bits per heavy atom. The Bertz CT molecular complexity index is 237. The molecule has 1 fully saturated rings. The van der Waals surface area contributed by atoms with Crippen LogP contribution in [0.4, 0.5) is 0 Å². The van der Waals surface area contributed by atoms with Gasteiger partial charge in [-0.25, -0.2) is 0 Å². The van der Waals surface area contributed by atoms with Gasteiger partial charge >= 0.3 is 0 Å². The molecule has 0 spiro atoms. The first-order valence-corrected chi connectivity index (χ1v) is 5.96. The zero-order valence-electron chi connectivity index (χ0n) is 9.84. The highest BCUT2D eigenvalue weighted by molar-refractivity contribution is 5.84. The van der Waals surface area contributed by atoms with Crippen LogP contribution in [0.1, 0.15) is 26.2 Å². The lowest BCUT2D eigenvalue weighted by Gasteiger charge is -2.21. The average Bonchev–Trinajstić information content (AvgIpc) is 2.28. The van der Waals surface area contributed by atoms with E-state index in [0.717, 1.165) is 25.9 Å². The minimum Gasteiger partial charge on any atom is -0.355 e. The maximum Gasteiger partial charge on any atom is 0.239 e. The highest BCUT2D eigenvalue weighted by Crippen LogP contribution is 2.13. The van der Waals surface area contributed by atoms with E-state index in [2.05, 4.69) is 16.0 Å². The zero-order chi connectivity index (χ0) is 11.8. The van der Waals surface area contributed by atoms with Gasteiger partial charge in [-0.2, -0.15) is 0 Å². The molecule has 92 valence electrons. The van der Waals surface area contributed by atoms with Crippen molar-refractivity contribution in [3.63, 3.8) is 0 Å². The predicted molar refractivity (Wildman–Crippen MR) is 61.9 cm³/mol. The van der Waals surface area contributed by atoms with Crippen LogP contribution in [0.15, 0.2) is 0 Å². The van der Waals surface area contributed by atoms with Gasteiger partial charge in [0, 0.05) is 13.0 Å². The fourth-order valence-corrected chi connectivity index (χ4v) is 1.87. The third-order valence-electron chi connectivity index (χ3n) is 2.69. The Kier molecular flexibility index (Phi) is 5.85. The molecule has 1 rings (SSSR count). The summed E-state index contributed by atoms with van der Waals surface area (Å²) in [4.78, 5) is 22.6. The molecule has 1 aliphatic rings. The van der Waals surface area contributed by atoms with E-state index < -0.39 is 0 Å². The third kappa shape index (κ3) is 5.11. The highest BCUT2D eigenvalue weighted by Gasteiger charge is 2.16. The summed E-state index contributed by atoms with van der Waals surface area (Å²) >= 11 is 0. The molecule has 0 aromatic carbocycles. The second-order valence-electron chi connectivity index (χ2n) is 4.15. The fraction of sp³-hybridized carbons (Fsp3) is 0.818. The second kappa shape index (κ2) is 7.22. The number of nitrogens with one attached hydrogen (secondary N) is 3. The van der Waals surface area contributed by atoms with Gasteiger partial charge in [-0.05, 0) is 38.8 Å². The molecule has 1 unspecified atom stereocenters. The summed E-state index contributed by atoms with van der Waals surface area (Å²) in [5.41, 5.74) is 0. The number of hydrogen-bond donors (Lipinski definition) is 3. The number of rotatable bonds is 5. The van der Waals surface area contributed by atoms with Gasteiger partial charge in [0.1, 0.15) is 0 Å². The van der Waals surface area contributed by atoms with Crippen molar-refractivity contribution in [2.75, 3.05) is 26.2 Å². The predicted octanol–water partition coefficient (Wildman–Crippen LogP) is -0.372. The quantitative estimate of drug-likeness (QED) is 0.600. The van der Waals surface area contributed by atoms with Crippen LogP contribution in [0.3, 0.4) is 0 Å². The molecule has 1 heterocycles. The summed E-state index contributed by atoms with van der Waals surface area (Å²) in [6, 6.07) is 0. The monoisotopic (exact) mass is 227 g/mol. The summed E-state index contributed by atoms with van der Waals surface area (Å²) in [6.07, 6.45) is 2.75. The molecule has 0 aliphatic carbocycles. The van der Waals surface area contributed by atoms with Gasteiger partial charge in [-0.1, -0.05) is 0 Å². The van der Waals surface area contributed by atoms with E-state index in [1.165, 1.54) is 0 Å². The molecule has 0 aromatic rings. The van der Waals surface area contributed by atoms with Gasteiger partial charge in [0.15, 0.2) is 0 Å². The maximum absolute atomic E-state index is 11.5. The van der Waals surface area contributed by atoms with Crippen LogP contribution < -0.4 is 16.0 Å². The van der Waals surface area contributed by atoms with Crippen molar-refractivity contribution < 1.29 is 9.59 Å². The minimum absolute atomic E-state index is 0.0278. The summed E-state index contributed by atoms with van der Waals surface area (Å²) in [5, 5.41) is 8.54. The molecule has 0 radical (unpaired) electrons. The normalized spacial score (nSPS) is 20.2. The van der Waals surface area contributed by atoms with Gasteiger partial charge in [0.2, 0.25) is 11.8 Å². The molecule has 5 heteroatoms. The summed E-state index contributed by atoms with van der Waals surface area (Å²) in [5.74, 6) is 0.264. The van der Waals surface area contributed by atoms with Crippen molar-refractivity contribution in [1.29, 1.82) is 0 Å². The summed E-state index contributed by atoms with van der Waals surface area (Å²) < 4.78 is 0. The van der Waals surface area contributed by atoms with E-state index >= 15 is 0 Å². The van der Waals surface area contributed by atoms with Crippen LogP contribution in [0.25, 0.3) is 0 Å². The molecule has 1 aliphatic heterocycles. The lowest BCUT2D eigenvalue weighted by molar-refractivity contribution is -0.126. The maximum atomic E-state index is 11.5. The van der Waals surface area contributed by atoms with Crippen LogP contribution in [-0.2, 0) is 9.59 Å². The zero-order valence-corrected chi connectivity index (χ0v) is 9.84. The van der Waals surface area contributed by atoms with Crippen molar-refractivity contribution >= 4 is 11.8 Å². The van der Waals surface area contributed by atoms with E-state index in [4.69, 9.17) is 0 Å². The Hall–Kier alpha value is -1.10. The molecule has 3 N–H and O–H groups in total. The van der Waals surface area contributed by atoms with Crippen molar-refractivity contribution in [2.45, 2.75) is 26.2 Å². The molecule has 0 bridgehead atoms. The van der Waals surface area contributed by atoms with E-state index in [0.29, 0.717) is 18.9 Å². The van der Waals surface area contributed by atoms with Gasteiger partial charge in [-0.3, -0.25) is 9.59 Å². The van der Waals surface area contributed by atoms with Gasteiger partial charge in [-0.15, -0.1) is 0 Å². The van der Waals surface area contributed by atoms with Crippen LogP contribution >= 0.6 is 0 Å². The minimum atomic E-state index is -0.127. The van der Waals surface area contributed by atoms with E-state index in [1.54, 1.807) is 0 Å². The molecular weight excluding hydrogens is 206 g/mol. The Morgan fingerprint density at radius 1 is 1.31 bits per heavy atom. The number of piperidine rings is 1. The Morgan fingerprint density at radius 2 is 2.12 bits per heavy atom. The molecule has 0 aromatic heterocycles. The van der Waals surface area contributed by atoms with Crippen LogP contribution in [0, 0.1) is 5.92 Å². The summed E-state index contributed by atoms with van der Waals surface area (Å²) in [7, 11) is 0. The molecular formula is C11H21N3O2. The number of likely N-dealkylation sites (N-methyl/N-ethyl adjacent to an activating group) is 1. The van der Waals surface area contributed by atoms with E-state index in [1.807, 2.05) is 6.92 Å². The number of carbonyl (C=O) groups excluding carboxylic acids is 2. The summed E-state index contributed by atoms with van der Waals surface area (Å²) in [6.45, 7) is 4.51. The fourth-order valence-electron chi connectivity index (χ4n) is 1.87. The van der Waals surface area contributed by atoms with Gasteiger partial charge < -0.3 is 16.0 Å². The van der Waals surface area contributed by atoms with E-state index in [-0.39, 0.29) is 18.4 Å². The molecule has 2 amide bonds. The first-order valence-electron chi connectivity index (χ1n) is 5.96. The number of hydrogen-bond acceptors (Lipinski definition) is 3. The second-order valence-corrected chi connectivity index (χ2v) is 4.15. The molecule has 1 saturated heterocycles. The van der Waals surface area contributed by atoms with Crippen molar-refractivity contribution in [3.8, 4) is 0 Å². The SMILES string of the molecule is CCNC(=O)CNC(=O)CC1CCCNC1. The average molecular weight is 227 g/mol. The molecule has 16 heavy (non-hydrogen) atoms. The van der Waals surface area contributed by atoms with E-state index in [9.17, 15) is 9.59 Å². The van der Waals surface area contributed by atoms with Crippen LogP contribution in [-0.4, -0.2) is 38.0 Å². The lowest BCUT2D eigenvalue weighted by atomic mass is 9.96. The van der Waals surface area contributed by atoms with Gasteiger partial charge in [0.25, 0.3) is 0 Å². The number of carbonyl (C=O) groups is 2. The topological polar surface area (TPSA) is 70.2 Å². The molecule has 1 atom stereocenters.